The molecule has 6 atom stereocenters. The number of methoxy groups -OCH3 is 1. The van der Waals surface area contributed by atoms with Gasteiger partial charge in [-0.05, 0) is 38.0 Å². The molecular formula is C20H32O4. The first-order valence-electron chi connectivity index (χ1n) is 9.69. The van der Waals surface area contributed by atoms with E-state index in [-0.39, 0.29) is 23.5 Å². The molecule has 0 heterocycles. The zero-order valence-corrected chi connectivity index (χ0v) is 15.0. The van der Waals surface area contributed by atoms with Crippen molar-refractivity contribution in [3.63, 3.8) is 0 Å². The molecule has 0 aromatic rings. The van der Waals surface area contributed by atoms with Crippen LogP contribution in [0.5, 0.6) is 0 Å². The fourth-order valence-corrected chi connectivity index (χ4v) is 5.43. The fraction of sp³-hybridized carbons (Fsp3) is 0.850. The summed E-state index contributed by atoms with van der Waals surface area (Å²) >= 11 is 0. The number of aliphatic hydroxyl groups is 2. The largest absolute Gasteiger partial charge is 0.393 e. The van der Waals surface area contributed by atoms with Crippen molar-refractivity contribution < 1.29 is 19.7 Å². The van der Waals surface area contributed by atoms with Crippen molar-refractivity contribution in [2.75, 3.05) is 7.11 Å². The highest BCUT2D eigenvalue weighted by Crippen LogP contribution is 2.55. The summed E-state index contributed by atoms with van der Waals surface area (Å²) in [7, 11) is 1.62. The van der Waals surface area contributed by atoms with Crippen LogP contribution in [0, 0.1) is 23.7 Å². The van der Waals surface area contributed by atoms with Crippen LogP contribution in [0.15, 0.2) is 12.2 Å². The van der Waals surface area contributed by atoms with Crippen LogP contribution in [-0.4, -0.2) is 40.9 Å². The topological polar surface area (TPSA) is 66.8 Å². The summed E-state index contributed by atoms with van der Waals surface area (Å²) in [5.74, 6) is 0.461. The average molecular weight is 336 g/mol. The second kappa shape index (κ2) is 7.27. The molecule has 3 fully saturated rings. The van der Waals surface area contributed by atoms with Crippen LogP contribution in [0.1, 0.15) is 58.3 Å². The summed E-state index contributed by atoms with van der Waals surface area (Å²) in [6.45, 7) is 2.03. The minimum atomic E-state index is -0.704. The Labute approximate surface area is 145 Å². The number of Topliss-reactive ketones (excluding diaryl/α,β-unsaturated/α-hetero) is 1. The lowest BCUT2D eigenvalue weighted by atomic mass is 9.49. The van der Waals surface area contributed by atoms with Crippen LogP contribution in [0.3, 0.4) is 0 Å². The maximum atomic E-state index is 12.5. The lowest BCUT2D eigenvalue weighted by molar-refractivity contribution is -0.208. The molecule has 4 nitrogen and oxygen atoms in total. The van der Waals surface area contributed by atoms with Crippen LogP contribution in [0.4, 0.5) is 0 Å². The lowest BCUT2D eigenvalue weighted by Gasteiger charge is -2.58. The number of ketones is 1. The average Bonchev–Trinajstić information content (AvgIpc) is 2.62. The molecule has 0 amide bonds. The molecule has 3 saturated carbocycles. The predicted octanol–water partition coefficient (Wildman–Crippen LogP) is 2.87. The number of carbonyl (C=O) groups is 1. The van der Waals surface area contributed by atoms with Crippen LogP contribution in [0.25, 0.3) is 0 Å². The Bertz CT molecular complexity index is 482. The second-order valence-corrected chi connectivity index (χ2v) is 7.96. The van der Waals surface area contributed by atoms with Crippen LogP contribution in [0.2, 0.25) is 0 Å². The summed E-state index contributed by atoms with van der Waals surface area (Å²) in [6, 6.07) is 0. The lowest BCUT2D eigenvalue weighted by Crippen LogP contribution is -2.69. The Hall–Kier alpha value is -0.710. The molecule has 136 valence electrons. The van der Waals surface area contributed by atoms with Crippen molar-refractivity contribution >= 4 is 5.78 Å². The van der Waals surface area contributed by atoms with Gasteiger partial charge in [0, 0.05) is 24.9 Å². The van der Waals surface area contributed by atoms with Gasteiger partial charge in [-0.15, -0.1) is 0 Å². The van der Waals surface area contributed by atoms with Gasteiger partial charge < -0.3 is 14.9 Å². The summed E-state index contributed by atoms with van der Waals surface area (Å²) in [4.78, 5) is 12.5. The first-order chi connectivity index (χ1) is 11.5. The van der Waals surface area contributed by atoms with Crippen molar-refractivity contribution in [2.24, 2.45) is 23.7 Å². The molecule has 0 spiro atoms. The summed E-state index contributed by atoms with van der Waals surface area (Å²) in [5, 5.41) is 21.0. The minimum absolute atomic E-state index is 0.0265. The zero-order chi connectivity index (χ0) is 17.3. The quantitative estimate of drug-likeness (QED) is 0.758. The zero-order valence-electron chi connectivity index (χ0n) is 15.0. The van der Waals surface area contributed by atoms with Gasteiger partial charge in [-0.3, -0.25) is 4.79 Å². The molecule has 0 aromatic heterocycles. The van der Waals surface area contributed by atoms with E-state index in [1.54, 1.807) is 7.11 Å². The predicted molar refractivity (Wildman–Crippen MR) is 92.5 cm³/mol. The summed E-state index contributed by atoms with van der Waals surface area (Å²) in [5.41, 5.74) is -0.704. The summed E-state index contributed by atoms with van der Waals surface area (Å²) < 4.78 is 5.67. The van der Waals surface area contributed by atoms with E-state index < -0.39 is 17.8 Å². The molecule has 0 bridgehead atoms. The van der Waals surface area contributed by atoms with E-state index in [2.05, 4.69) is 0 Å². The molecule has 3 rings (SSSR count). The molecule has 4 heteroatoms. The molecule has 3 aliphatic rings. The first kappa shape index (κ1) is 18.1. The number of aliphatic hydroxyl groups excluding tert-OH is 2. The Balaban J connectivity index is 1.74. The minimum Gasteiger partial charge on any atom is -0.393 e. The van der Waals surface area contributed by atoms with Gasteiger partial charge in [-0.1, -0.05) is 38.3 Å². The number of hydrogen-bond donors (Lipinski definition) is 2. The Morgan fingerprint density at radius 1 is 1.29 bits per heavy atom. The van der Waals surface area contributed by atoms with Gasteiger partial charge in [0.25, 0.3) is 0 Å². The highest BCUT2D eigenvalue weighted by molar-refractivity contribution is 5.97. The van der Waals surface area contributed by atoms with Crippen molar-refractivity contribution in [3.05, 3.63) is 12.2 Å². The third-order valence-electron chi connectivity index (χ3n) is 6.86. The molecule has 24 heavy (non-hydrogen) atoms. The number of hydrogen-bond acceptors (Lipinski definition) is 4. The number of carbonyl (C=O) groups excluding carboxylic acids is 1. The maximum absolute atomic E-state index is 12.5. The Kier molecular flexibility index (Phi) is 5.48. The molecule has 3 aliphatic carbocycles. The number of fused-ring (bicyclic) bond motifs is 1. The van der Waals surface area contributed by atoms with Crippen molar-refractivity contribution in [3.8, 4) is 0 Å². The monoisotopic (exact) mass is 336 g/mol. The van der Waals surface area contributed by atoms with Crippen molar-refractivity contribution in [1.82, 2.24) is 0 Å². The van der Waals surface area contributed by atoms with E-state index >= 15 is 0 Å². The third kappa shape index (κ3) is 2.87. The van der Waals surface area contributed by atoms with Gasteiger partial charge >= 0.3 is 0 Å². The highest BCUT2D eigenvalue weighted by atomic mass is 16.5. The van der Waals surface area contributed by atoms with Gasteiger partial charge in [-0.2, -0.15) is 0 Å². The normalized spacial score (nSPS) is 41.9. The fourth-order valence-electron chi connectivity index (χ4n) is 5.43. The van der Waals surface area contributed by atoms with Gasteiger partial charge in [0.1, 0.15) is 5.60 Å². The van der Waals surface area contributed by atoms with Gasteiger partial charge in [-0.25, -0.2) is 0 Å². The van der Waals surface area contributed by atoms with E-state index in [1.807, 2.05) is 19.1 Å². The third-order valence-corrected chi connectivity index (χ3v) is 6.86. The van der Waals surface area contributed by atoms with E-state index in [4.69, 9.17) is 4.74 Å². The molecule has 0 aromatic carbocycles. The molecule has 1 unspecified atom stereocenters. The van der Waals surface area contributed by atoms with E-state index in [9.17, 15) is 15.0 Å². The SMILES string of the molecule is CCC1C(=O)[C@@]2(OC)CC[C@@H](O)[C@H](C=C[C@@H](O)C3CCCCC3)[C@@H]12. The molecule has 0 radical (unpaired) electrons. The van der Waals surface area contributed by atoms with Crippen LogP contribution >= 0.6 is 0 Å². The van der Waals surface area contributed by atoms with E-state index in [0.717, 1.165) is 19.3 Å². The molecule has 0 aliphatic heterocycles. The summed E-state index contributed by atoms with van der Waals surface area (Å²) in [6.07, 6.45) is 10.8. The highest BCUT2D eigenvalue weighted by Gasteiger charge is 2.66. The van der Waals surface area contributed by atoms with Crippen molar-refractivity contribution in [2.45, 2.75) is 76.1 Å². The van der Waals surface area contributed by atoms with Gasteiger partial charge in [0.05, 0.1) is 12.2 Å². The number of rotatable bonds is 5. The van der Waals surface area contributed by atoms with E-state index in [0.29, 0.717) is 18.8 Å². The van der Waals surface area contributed by atoms with Gasteiger partial charge in [0.2, 0.25) is 0 Å². The van der Waals surface area contributed by atoms with E-state index in [1.165, 1.54) is 19.3 Å². The molecule has 2 N–H and O–H groups in total. The smallest absolute Gasteiger partial charge is 0.168 e. The molecule has 0 saturated heterocycles. The molecular weight excluding hydrogens is 304 g/mol. The van der Waals surface area contributed by atoms with Gasteiger partial charge in [0.15, 0.2) is 5.78 Å². The Morgan fingerprint density at radius 2 is 2.00 bits per heavy atom. The second-order valence-electron chi connectivity index (χ2n) is 7.96. The van der Waals surface area contributed by atoms with Crippen LogP contribution in [-0.2, 0) is 9.53 Å². The number of ether oxygens (including phenoxy) is 1. The first-order valence-corrected chi connectivity index (χ1v) is 9.69. The maximum Gasteiger partial charge on any atom is 0.168 e. The standard InChI is InChI=1S/C20H32O4/c1-3-14-18-15(9-10-16(21)13-7-5-4-6-8-13)17(22)11-12-20(18,24-2)19(14)23/h9-10,13-18,21-22H,3-8,11-12H2,1-2H3/t14?,15-,16+,17+,18+,20+/m0/s1. The van der Waals surface area contributed by atoms with Crippen LogP contribution < -0.4 is 0 Å². The Morgan fingerprint density at radius 3 is 2.62 bits per heavy atom. The van der Waals surface area contributed by atoms with Crippen molar-refractivity contribution in [1.29, 1.82) is 0 Å².